The van der Waals surface area contributed by atoms with E-state index in [-0.39, 0.29) is 18.3 Å². The van der Waals surface area contributed by atoms with Gasteiger partial charge in [0.15, 0.2) is 0 Å². The van der Waals surface area contributed by atoms with Crippen LogP contribution in [0, 0.1) is 19.7 Å². The van der Waals surface area contributed by atoms with E-state index in [2.05, 4.69) is 0 Å². The minimum Gasteiger partial charge on any atom is -0.388 e. The van der Waals surface area contributed by atoms with Gasteiger partial charge < -0.3 is 10.8 Å². The molecule has 2 aromatic rings. The Morgan fingerprint density at radius 3 is 2.40 bits per heavy atom. The molecule has 0 amide bonds. The van der Waals surface area contributed by atoms with Gasteiger partial charge in [-0.1, -0.05) is 42.0 Å². The maximum atomic E-state index is 14.0. The van der Waals surface area contributed by atoms with Crippen LogP contribution in [0.5, 0.6) is 0 Å². The predicted molar refractivity (Wildman–Crippen MR) is 79.1 cm³/mol. The SMILES string of the molecule is Cc1cccc(C(CN)C(O)c2ccc(C)cc2F)c1. The molecule has 20 heavy (non-hydrogen) atoms. The first-order valence-electron chi connectivity index (χ1n) is 6.73. The van der Waals surface area contributed by atoms with Gasteiger partial charge in [0.25, 0.3) is 0 Å². The van der Waals surface area contributed by atoms with Crippen molar-refractivity contribution in [2.24, 2.45) is 5.73 Å². The summed E-state index contributed by atoms with van der Waals surface area (Å²) in [5, 5.41) is 10.5. The highest BCUT2D eigenvalue weighted by molar-refractivity contribution is 5.32. The third-order valence-electron chi connectivity index (χ3n) is 3.58. The summed E-state index contributed by atoms with van der Waals surface area (Å²) < 4.78 is 14.0. The number of nitrogens with two attached hydrogens (primary N) is 1. The molecule has 0 aliphatic heterocycles. The Morgan fingerprint density at radius 1 is 1.10 bits per heavy atom. The predicted octanol–water partition coefficient (Wildman–Crippen LogP) is 3.22. The lowest BCUT2D eigenvalue weighted by Crippen LogP contribution is -2.21. The normalized spacial score (nSPS) is 14.1. The Balaban J connectivity index is 2.36. The molecular weight excluding hydrogens is 253 g/mol. The first-order chi connectivity index (χ1) is 9.52. The summed E-state index contributed by atoms with van der Waals surface area (Å²) in [6.45, 7) is 4.06. The number of aryl methyl sites for hydroxylation is 2. The van der Waals surface area contributed by atoms with Crippen LogP contribution in [0.25, 0.3) is 0 Å². The fourth-order valence-corrected chi connectivity index (χ4v) is 2.44. The van der Waals surface area contributed by atoms with E-state index in [1.165, 1.54) is 6.07 Å². The molecule has 0 aliphatic carbocycles. The minimum atomic E-state index is -0.942. The van der Waals surface area contributed by atoms with Gasteiger partial charge >= 0.3 is 0 Å². The fourth-order valence-electron chi connectivity index (χ4n) is 2.44. The minimum absolute atomic E-state index is 0.262. The molecule has 0 radical (unpaired) electrons. The molecule has 2 nitrogen and oxygen atoms in total. The van der Waals surface area contributed by atoms with Crippen molar-refractivity contribution in [3.63, 3.8) is 0 Å². The van der Waals surface area contributed by atoms with Crippen LogP contribution in [0.2, 0.25) is 0 Å². The van der Waals surface area contributed by atoms with Gasteiger partial charge in [0.05, 0.1) is 6.10 Å². The molecule has 2 unspecified atom stereocenters. The molecule has 0 bridgehead atoms. The zero-order chi connectivity index (χ0) is 14.7. The molecule has 3 heteroatoms. The van der Waals surface area contributed by atoms with Crippen LogP contribution >= 0.6 is 0 Å². The van der Waals surface area contributed by atoms with Gasteiger partial charge in [-0.3, -0.25) is 0 Å². The third kappa shape index (κ3) is 3.06. The van der Waals surface area contributed by atoms with E-state index < -0.39 is 6.10 Å². The Bertz CT molecular complexity index is 597. The van der Waals surface area contributed by atoms with E-state index in [0.29, 0.717) is 5.56 Å². The first kappa shape index (κ1) is 14.7. The van der Waals surface area contributed by atoms with Gasteiger partial charge in [-0.15, -0.1) is 0 Å². The monoisotopic (exact) mass is 273 g/mol. The molecule has 0 saturated carbocycles. The highest BCUT2D eigenvalue weighted by Gasteiger charge is 2.24. The van der Waals surface area contributed by atoms with Gasteiger partial charge in [-0.25, -0.2) is 4.39 Å². The molecular formula is C17H20FNO. The molecule has 3 N–H and O–H groups in total. The maximum absolute atomic E-state index is 14.0. The smallest absolute Gasteiger partial charge is 0.129 e. The topological polar surface area (TPSA) is 46.2 Å². The standard InChI is InChI=1S/C17H20FNO/c1-11-4-3-5-13(8-11)15(10-19)17(20)14-7-6-12(2)9-16(14)18/h3-9,15,17,20H,10,19H2,1-2H3. The molecule has 0 saturated heterocycles. The summed E-state index contributed by atoms with van der Waals surface area (Å²) in [6.07, 6.45) is -0.942. The van der Waals surface area contributed by atoms with E-state index in [1.807, 2.05) is 38.1 Å². The quantitative estimate of drug-likeness (QED) is 0.898. The highest BCUT2D eigenvalue weighted by Crippen LogP contribution is 2.32. The molecule has 0 aromatic heterocycles. The van der Waals surface area contributed by atoms with Gasteiger partial charge in [0, 0.05) is 18.0 Å². The van der Waals surface area contributed by atoms with Crippen LogP contribution in [0.3, 0.4) is 0 Å². The van der Waals surface area contributed by atoms with Crippen molar-refractivity contribution in [2.45, 2.75) is 25.9 Å². The van der Waals surface area contributed by atoms with Gasteiger partial charge in [0.2, 0.25) is 0 Å². The fraction of sp³-hybridized carbons (Fsp3) is 0.294. The second-order valence-corrected chi connectivity index (χ2v) is 5.23. The number of aliphatic hydroxyl groups is 1. The molecule has 2 aromatic carbocycles. The number of benzene rings is 2. The van der Waals surface area contributed by atoms with E-state index >= 15 is 0 Å². The van der Waals surface area contributed by atoms with Crippen LogP contribution in [-0.2, 0) is 0 Å². The van der Waals surface area contributed by atoms with Crippen LogP contribution in [0.4, 0.5) is 4.39 Å². The van der Waals surface area contributed by atoms with Crippen molar-refractivity contribution >= 4 is 0 Å². The summed E-state index contributed by atoms with van der Waals surface area (Å²) in [4.78, 5) is 0. The van der Waals surface area contributed by atoms with Crippen LogP contribution in [0.15, 0.2) is 42.5 Å². The molecule has 2 rings (SSSR count). The van der Waals surface area contributed by atoms with Crippen LogP contribution in [0.1, 0.15) is 34.3 Å². The zero-order valence-electron chi connectivity index (χ0n) is 11.8. The second-order valence-electron chi connectivity index (χ2n) is 5.23. The van der Waals surface area contributed by atoms with E-state index in [1.54, 1.807) is 12.1 Å². The summed E-state index contributed by atoms with van der Waals surface area (Å²) in [7, 11) is 0. The summed E-state index contributed by atoms with van der Waals surface area (Å²) in [5.74, 6) is -0.698. The lowest BCUT2D eigenvalue weighted by atomic mass is 9.88. The number of aliphatic hydroxyl groups excluding tert-OH is 1. The number of hydrogen-bond donors (Lipinski definition) is 2. The van der Waals surface area contributed by atoms with E-state index in [9.17, 15) is 9.50 Å². The summed E-state index contributed by atoms with van der Waals surface area (Å²) >= 11 is 0. The van der Waals surface area contributed by atoms with Crippen molar-refractivity contribution in [2.75, 3.05) is 6.54 Å². The van der Waals surface area contributed by atoms with Crippen molar-refractivity contribution in [3.05, 3.63) is 70.5 Å². The first-order valence-corrected chi connectivity index (χ1v) is 6.73. The van der Waals surface area contributed by atoms with Crippen molar-refractivity contribution in [3.8, 4) is 0 Å². The molecule has 0 heterocycles. The number of hydrogen-bond acceptors (Lipinski definition) is 2. The zero-order valence-corrected chi connectivity index (χ0v) is 11.8. The Kier molecular flexibility index (Phi) is 4.53. The maximum Gasteiger partial charge on any atom is 0.129 e. The Hall–Kier alpha value is -1.71. The van der Waals surface area contributed by atoms with Crippen molar-refractivity contribution < 1.29 is 9.50 Å². The molecule has 2 atom stereocenters. The Morgan fingerprint density at radius 2 is 1.80 bits per heavy atom. The van der Waals surface area contributed by atoms with Crippen LogP contribution < -0.4 is 5.73 Å². The molecule has 106 valence electrons. The van der Waals surface area contributed by atoms with Crippen molar-refractivity contribution in [1.82, 2.24) is 0 Å². The van der Waals surface area contributed by atoms with Gasteiger partial charge in [-0.05, 0) is 31.0 Å². The molecule has 0 aliphatic rings. The summed E-state index contributed by atoms with van der Waals surface area (Å²) in [5.41, 5.74) is 8.95. The molecule has 0 spiro atoms. The van der Waals surface area contributed by atoms with Gasteiger partial charge in [0.1, 0.15) is 5.82 Å². The average Bonchev–Trinajstić information content (AvgIpc) is 2.39. The largest absolute Gasteiger partial charge is 0.388 e. The Labute approximate surface area is 119 Å². The number of halogens is 1. The average molecular weight is 273 g/mol. The summed E-state index contributed by atoms with van der Waals surface area (Å²) in [6, 6.07) is 12.7. The van der Waals surface area contributed by atoms with Crippen molar-refractivity contribution in [1.29, 1.82) is 0 Å². The lowest BCUT2D eigenvalue weighted by Gasteiger charge is -2.23. The second kappa shape index (κ2) is 6.16. The number of rotatable bonds is 4. The third-order valence-corrected chi connectivity index (χ3v) is 3.58. The highest BCUT2D eigenvalue weighted by atomic mass is 19.1. The van der Waals surface area contributed by atoms with Crippen LogP contribution in [-0.4, -0.2) is 11.7 Å². The van der Waals surface area contributed by atoms with Gasteiger partial charge in [-0.2, -0.15) is 0 Å². The van der Waals surface area contributed by atoms with E-state index in [0.717, 1.165) is 16.7 Å². The molecule has 0 fully saturated rings. The van der Waals surface area contributed by atoms with E-state index in [4.69, 9.17) is 5.73 Å². The lowest BCUT2D eigenvalue weighted by molar-refractivity contribution is 0.143.